The van der Waals surface area contributed by atoms with Crippen LogP contribution in [0.5, 0.6) is 0 Å². The number of rotatable bonds is 4. The van der Waals surface area contributed by atoms with E-state index < -0.39 is 23.1 Å². The lowest BCUT2D eigenvalue weighted by molar-refractivity contribution is 0.0551. The third kappa shape index (κ3) is 3.90. The molecule has 1 aliphatic heterocycles. The van der Waals surface area contributed by atoms with Gasteiger partial charge in [-0.05, 0) is 31.2 Å². The van der Waals surface area contributed by atoms with Gasteiger partial charge in [-0.15, -0.1) is 0 Å². The van der Waals surface area contributed by atoms with Crippen LogP contribution in [0.25, 0.3) is 0 Å². The smallest absolute Gasteiger partial charge is 0.332 e. The third-order valence-corrected chi connectivity index (χ3v) is 5.83. The van der Waals surface area contributed by atoms with Crippen LogP contribution in [-0.2, 0) is 14.1 Å². The van der Waals surface area contributed by atoms with Crippen molar-refractivity contribution in [3.05, 3.63) is 61.3 Å². The van der Waals surface area contributed by atoms with Crippen LogP contribution in [0.15, 0.2) is 33.9 Å². The van der Waals surface area contributed by atoms with Crippen molar-refractivity contribution in [1.29, 1.82) is 0 Å². The van der Waals surface area contributed by atoms with Gasteiger partial charge in [-0.2, -0.15) is 0 Å². The number of ketones is 1. The number of carbonyl (C=O) groups excluding carboxylic acids is 2. The number of halogens is 1. The molecule has 1 amide bonds. The van der Waals surface area contributed by atoms with Crippen molar-refractivity contribution in [2.45, 2.75) is 13.0 Å². The van der Waals surface area contributed by atoms with Crippen molar-refractivity contribution in [2.75, 3.05) is 31.9 Å². The molecule has 9 nitrogen and oxygen atoms in total. The summed E-state index contributed by atoms with van der Waals surface area (Å²) in [7, 11) is 2.73. The van der Waals surface area contributed by atoms with Gasteiger partial charge in [0.1, 0.15) is 11.4 Å². The first-order valence-electron chi connectivity index (χ1n) is 9.52. The standard InChI is InChI=1S/C20H24ClN5O4/c1-12(16(27)15-17(22)23(2)20(30)24(3)19(15)29)25-8-10-26(11-9-25)18(28)13-4-6-14(21)7-5-13/h4-7,12H,8-11,22H2,1-3H3. The second-order valence-electron chi connectivity index (χ2n) is 7.34. The quantitative estimate of drug-likeness (QED) is 0.696. The van der Waals surface area contributed by atoms with E-state index in [4.69, 9.17) is 17.3 Å². The monoisotopic (exact) mass is 433 g/mol. The number of amides is 1. The largest absolute Gasteiger partial charge is 0.384 e. The Morgan fingerprint density at radius 2 is 1.57 bits per heavy atom. The molecule has 2 N–H and O–H groups in total. The van der Waals surface area contributed by atoms with Gasteiger partial charge in [-0.1, -0.05) is 11.6 Å². The fourth-order valence-electron chi connectivity index (χ4n) is 3.55. The molecule has 1 aliphatic rings. The molecule has 1 unspecified atom stereocenters. The predicted molar refractivity (Wildman–Crippen MR) is 114 cm³/mol. The van der Waals surface area contributed by atoms with Gasteiger partial charge in [0, 0.05) is 50.9 Å². The summed E-state index contributed by atoms with van der Waals surface area (Å²) in [5.74, 6) is -0.681. The van der Waals surface area contributed by atoms with Crippen molar-refractivity contribution in [3.8, 4) is 0 Å². The Kier molecular flexibility index (Phi) is 6.14. The molecule has 2 aromatic rings. The van der Waals surface area contributed by atoms with Gasteiger partial charge in [0.2, 0.25) is 0 Å². The van der Waals surface area contributed by atoms with E-state index in [-0.39, 0.29) is 17.3 Å². The van der Waals surface area contributed by atoms with Crippen LogP contribution < -0.4 is 17.0 Å². The van der Waals surface area contributed by atoms with Crippen LogP contribution in [0.4, 0.5) is 5.82 Å². The minimum atomic E-state index is -0.705. The maximum Gasteiger partial charge on any atom is 0.332 e. The summed E-state index contributed by atoms with van der Waals surface area (Å²) in [6.07, 6.45) is 0. The zero-order valence-corrected chi connectivity index (χ0v) is 17.8. The van der Waals surface area contributed by atoms with Crippen molar-refractivity contribution in [3.63, 3.8) is 0 Å². The molecule has 1 aromatic heterocycles. The molecule has 0 bridgehead atoms. The van der Waals surface area contributed by atoms with E-state index in [1.807, 2.05) is 4.90 Å². The molecule has 160 valence electrons. The number of nitrogen functional groups attached to an aromatic ring is 1. The van der Waals surface area contributed by atoms with E-state index in [0.29, 0.717) is 36.8 Å². The molecule has 30 heavy (non-hydrogen) atoms. The number of hydrogen-bond acceptors (Lipinski definition) is 6. The normalized spacial score (nSPS) is 15.8. The molecule has 2 heterocycles. The van der Waals surface area contributed by atoms with Gasteiger partial charge in [-0.3, -0.25) is 28.4 Å². The fourth-order valence-corrected chi connectivity index (χ4v) is 3.68. The van der Waals surface area contributed by atoms with Crippen LogP contribution in [0.3, 0.4) is 0 Å². The van der Waals surface area contributed by atoms with E-state index in [1.54, 1.807) is 36.1 Å². The predicted octanol–water partition coefficient (Wildman–Crippen LogP) is 0.349. The molecule has 0 radical (unpaired) electrons. The highest BCUT2D eigenvalue weighted by atomic mass is 35.5. The van der Waals surface area contributed by atoms with Crippen LogP contribution in [-0.4, -0.2) is 62.8 Å². The lowest BCUT2D eigenvalue weighted by Crippen LogP contribution is -2.54. The van der Waals surface area contributed by atoms with Crippen LogP contribution in [0, 0.1) is 0 Å². The number of nitrogens with zero attached hydrogens (tertiary/aromatic N) is 4. The summed E-state index contributed by atoms with van der Waals surface area (Å²) >= 11 is 5.87. The minimum absolute atomic E-state index is 0.0959. The molecule has 0 aliphatic carbocycles. The number of carbonyl (C=O) groups is 2. The second-order valence-corrected chi connectivity index (χ2v) is 7.78. The molecule has 1 atom stereocenters. The topological polar surface area (TPSA) is 111 Å². The van der Waals surface area contributed by atoms with Crippen LogP contribution in [0.2, 0.25) is 5.02 Å². The zero-order chi connectivity index (χ0) is 22.2. The summed E-state index contributed by atoms with van der Waals surface area (Å²) < 4.78 is 1.96. The first kappa shape index (κ1) is 21.8. The minimum Gasteiger partial charge on any atom is -0.384 e. The first-order valence-corrected chi connectivity index (χ1v) is 9.90. The maximum atomic E-state index is 13.0. The summed E-state index contributed by atoms with van der Waals surface area (Å²) in [5, 5.41) is 0.563. The number of nitrogens with two attached hydrogens (primary N) is 1. The number of piperazine rings is 1. The summed E-state index contributed by atoms with van der Waals surface area (Å²) in [6, 6.07) is 6.08. The molecule has 1 saturated heterocycles. The second kappa shape index (κ2) is 8.45. The lowest BCUT2D eigenvalue weighted by atomic mass is 10.0. The van der Waals surface area contributed by atoms with Gasteiger partial charge in [-0.25, -0.2) is 4.79 Å². The van der Waals surface area contributed by atoms with Crippen molar-refractivity contribution >= 4 is 29.1 Å². The number of hydrogen-bond donors (Lipinski definition) is 1. The van der Waals surface area contributed by atoms with E-state index in [9.17, 15) is 19.2 Å². The Morgan fingerprint density at radius 3 is 2.13 bits per heavy atom. The Bertz CT molecular complexity index is 1100. The van der Waals surface area contributed by atoms with Gasteiger partial charge in [0.15, 0.2) is 5.78 Å². The van der Waals surface area contributed by atoms with Gasteiger partial charge >= 0.3 is 5.69 Å². The summed E-state index contributed by atoms with van der Waals surface area (Å²) in [5.41, 5.74) is 4.98. The zero-order valence-electron chi connectivity index (χ0n) is 17.1. The Hall–Kier alpha value is -2.91. The van der Waals surface area contributed by atoms with Crippen LogP contribution in [0.1, 0.15) is 27.6 Å². The Balaban J connectivity index is 1.73. The average Bonchev–Trinajstić information content (AvgIpc) is 2.76. The molecule has 0 saturated carbocycles. The SMILES string of the molecule is CC(C(=O)c1c(N)n(C)c(=O)n(C)c1=O)N1CCN(C(=O)c2ccc(Cl)cc2)CC1. The Labute approximate surface area is 178 Å². The van der Waals surface area contributed by atoms with Gasteiger partial charge in [0.05, 0.1) is 6.04 Å². The molecule has 1 aromatic carbocycles. The molecular weight excluding hydrogens is 410 g/mol. The van der Waals surface area contributed by atoms with Crippen molar-refractivity contribution in [1.82, 2.24) is 18.9 Å². The Morgan fingerprint density at radius 1 is 1.00 bits per heavy atom. The molecule has 0 spiro atoms. The van der Waals surface area contributed by atoms with Gasteiger partial charge in [0.25, 0.3) is 11.5 Å². The first-order chi connectivity index (χ1) is 14.1. The number of aromatic nitrogens is 2. The molecule has 3 rings (SSSR count). The van der Waals surface area contributed by atoms with E-state index in [1.165, 1.54) is 14.1 Å². The summed E-state index contributed by atoms with van der Waals surface area (Å²) in [6.45, 7) is 3.53. The van der Waals surface area contributed by atoms with E-state index in [0.717, 1.165) is 9.13 Å². The number of anilines is 1. The third-order valence-electron chi connectivity index (χ3n) is 5.58. The summed E-state index contributed by atoms with van der Waals surface area (Å²) in [4.78, 5) is 53.7. The number of Topliss-reactive ketones (excluding diaryl/α,β-unsaturated/α-hetero) is 1. The molecular formula is C20H24ClN5O4. The molecule has 1 fully saturated rings. The van der Waals surface area contributed by atoms with E-state index >= 15 is 0 Å². The highest BCUT2D eigenvalue weighted by Gasteiger charge is 2.31. The van der Waals surface area contributed by atoms with Crippen molar-refractivity contribution < 1.29 is 9.59 Å². The average molecular weight is 434 g/mol. The highest BCUT2D eigenvalue weighted by Crippen LogP contribution is 2.16. The van der Waals surface area contributed by atoms with Gasteiger partial charge < -0.3 is 10.6 Å². The van der Waals surface area contributed by atoms with Crippen molar-refractivity contribution in [2.24, 2.45) is 14.1 Å². The lowest BCUT2D eigenvalue weighted by Gasteiger charge is -2.37. The van der Waals surface area contributed by atoms with E-state index in [2.05, 4.69) is 0 Å². The molecule has 10 heteroatoms. The van der Waals surface area contributed by atoms with Crippen LogP contribution >= 0.6 is 11.6 Å². The highest BCUT2D eigenvalue weighted by molar-refractivity contribution is 6.30. The number of benzene rings is 1. The maximum absolute atomic E-state index is 13.0. The fraction of sp³-hybridized carbons (Fsp3) is 0.400.